The average molecular weight is 335 g/mol. The molecule has 1 unspecified atom stereocenters. The van der Waals surface area contributed by atoms with Crippen molar-refractivity contribution in [1.29, 1.82) is 5.26 Å². The van der Waals surface area contributed by atoms with Crippen molar-refractivity contribution in [3.8, 4) is 6.07 Å². The van der Waals surface area contributed by atoms with E-state index in [1.165, 1.54) is 4.88 Å². The van der Waals surface area contributed by atoms with E-state index in [4.69, 9.17) is 0 Å². The third kappa shape index (κ3) is 2.99. The summed E-state index contributed by atoms with van der Waals surface area (Å²) in [7, 11) is 2.04. The molecule has 2 rings (SSSR count). The Kier molecular flexibility index (Phi) is 4.62. The first kappa shape index (κ1) is 14.1. The van der Waals surface area contributed by atoms with Gasteiger partial charge in [-0.1, -0.05) is 28.1 Å². The van der Waals surface area contributed by atoms with E-state index in [9.17, 15) is 5.26 Å². The van der Waals surface area contributed by atoms with Gasteiger partial charge in [0, 0.05) is 17.3 Å². The van der Waals surface area contributed by atoms with Crippen molar-refractivity contribution in [3.05, 3.63) is 51.7 Å². The van der Waals surface area contributed by atoms with Gasteiger partial charge < -0.3 is 4.90 Å². The first-order chi connectivity index (χ1) is 9.17. The molecule has 0 radical (unpaired) electrons. The lowest BCUT2D eigenvalue weighted by Crippen LogP contribution is -2.21. The number of hydrogen-bond donors (Lipinski definition) is 0. The van der Waals surface area contributed by atoms with Crippen molar-refractivity contribution in [2.24, 2.45) is 0 Å². The van der Waals surface area contributed by atoms with Crippen LogP contribution in [0.2, 0.25) is 0 Å². The molecule has 98 valence electrons. The zero-order chi connectivity index (χ0) is 13.8. The van der Waals surface area contributed by atoms with Gasteiger partial charge in [0.1, 0.15) is 6.07 Å². The van der Waals surface area contributed by atoms with Gasteiger partial charge in [0.15, 0.2) is 0 Å². The van der Waals surface area contributed by atoms with Gasteiger partial charge in [-0.25, -0.2) is 0 Å². The number of thiophene rings is 1. The standard InChI is InChI=1S/C15H15BrN2S/c1-11(15-4-3-7-19-15)18(2)14-6-5-12(9-16)8-13(14)10-17/h3-8,11H,9H2,1-2H3. The number of nitrogens with zero attached hydrogens (tertiary/aromatic N) is 2. The fraction of sp³-hybridized carbons (Fsp3) is 0.267. The number of benzene rings is 1. The number of alkyl halides is 1. The molecule has 0 aliphatic carbocycles. The molecule has 1 aromatic heterocycles. The van der Waals surface area contributed by atoms with Gasteiger partial charge in [-0.3, -0.25) is 0 Å². The van der Waals surface area contributed by atoms with E-state index in [2.05, 4.69) is 57.4 Å². The summed E-state index contributed by atoms with van der Waals surface area (Å²) in [5.74, 6) is 0. The SMILES string of the molecule is CC(c1cccs1)N(C)c1ccc(CBr)cc1C#N. The summed E-state index contributed by atoms with van der Waals surface area (Å²) in [5, 5.41) is 12.2. The van der Waals surface area contributed by atoms with Crippen LogP contribution in [0.1, 0.15) is 29.0 Å². The molecule has 0 bridgehead atoms. The zero-order valence-electron chi connectivity index (χ0n) is 10.9. The number of rotatable bonds is 4. The Labute approximate surface area is 126 Å². The molecule has 1 atom stereocenters. The van der Waals surface area contributed by atoms with E-state index >= 15 is 0 Å². The van der Waals surface area contributed by atoms with E-state index in [0.717, 1.165) is 22.1 Å². The molecule has 0 aliphatic heterocycles. The molecule has 0 aliphatic rings. The number of hydrogen-bond acceptors (Lipinski definition) is 3. The molecule has 1 heterocycles. The first-order valence-electron chi connectivity index (χ1n) is 6.02. The van der Waals surface area contributed by atoms with E-state index in [1.807, 2.05) is 19.2 Å². The fourth-order valence-corrected chi connectivity index (χ4v) is 3.17. The van der Waals surface area contributed by atoms with Crippen molar-refractivity contribution in [2.75, 3.05) is 11.9 Å². The molecular formula is C15H15BrN2S. The largest absolute Gasteiger partial charge is 0.366 e. The van der Waals surface area contributed by atoms with Crippen LogP contribution >= 0.6 is 27.3 Å². The maximum absolute atomic E-state index is 9.31. The number of nitriles is 1. The van der Waals surface area contributed by atoms with E-state index < -0.39 is 0 Å². The summed E-state index contributed by atoms with van der Waals surface area (Å²) in [4.78, 5) is 3.46. The molecular weight excluding hydrogens is 320 g/mol. The summed E-state index contributed by atoms with van der Waals surface area (Å²) < 4.78 is 0. The third-order valence-corrected chi connectivity index (χ3v) is 4.94. The van der Waals surface area contributed by atoms with Gasteiger partial charge in [-0.15, -0.1) is 11.3 Å². The van der Waals surface area contributed by atoms with Crippen molar-refractivity contribution in [1.82, 2.24) is 0 Å². The van der Waals surface area contributed by atoms with Crippen LogP contribution in [0, 0.1) is 11.3 Å². The molecule has 19 heavy (non-hydrogen) atoms. The van der Waals surface area contributed by atoms with Crippen molar-refractivity contribution < 1.29 is 0 Å². The Bertz CT molecular complexity index is 587. The van der Waals surface area contributed by atoms with Crippen molar-refractivity contribution >= 4 is 33.0 Å². The highest BCUT2D eigenvalue weighted by atomic mass is 79.9. The fourth-order valence-electron chi connectivity index (χ4n) is 1.99. The third-order valence-electron chi connectivity index (χ3n) is 3.25. The van der Waals surface area contributed by atoms with Crippen LogP contribution in [-0.2, 0) is 5.33 Å². The predicted molar refractivity (Wildman–Crippen MR) is 84.9 cm³/mol. The lowest BCUT2D eigenvalue weighted by Gasteiger charge is -2.27. The summed E-state index contributed by atoms with van der Waals surface area (Å²) in [5.41, 5.74) is 2.83. The molecule has 0 spiro atoms. The molecule has 0 fully saturated rings. The molecule has 1 aromatic carbocycles. The van der Waals surface area contributed by atoms with Gasteiger partial charge in [-0.2, -0.15) is 5.26 Å². The van der Waals surface area contributed by atoms with E-state index in [0.29, 0.717) is 0 Å². The molecule has 0 saturated carbocycles. The minimum atomic E-state index is 0.266. The maximum atomic E-state index is 9.31. The van der Waals surface area contributed by atoms with Crippen LogP contribution in [-0.4, -0.2) is 7.05 Å². The lowest BCUT2D eigenvalue weighted by atomic mass is 10.1. The zero-order valence-corrected chi connectivity index (χ0v) is 13.3. The normalized spacial score (nSPS) is 11.9. The average Bonchev–Trinajstić information content (AvgIpc) is 2.99. The topological polar surface area (TPSA) is 27.0 Å². The van der Waals surface area contributed by atoms with Crippen LogP contribution in [0.4, 0.5) is 5.69 Å². The van der Waals surface area contributed by atoms with E-state index in [1.54, 1.807) is 11.3 Å². The second-order valence-corrected chi connectivity index (χ2v) is 5.94. The Morgan fingerprint density at radius 2 is 2.21 bits per heavy atom. The smallest absolute Gasteiger partial charge is 0.101 e. The van der Waals surface area contributed by atoms with E-state index in [-0.39, 0.29) is 6.04 Å². The lowest BCUT2D eigenvalue weighted by molar-refractivity contribution is 0.753. The van der Waals surface area contributed by atoms with Gasteiger partial charge in [0.2, 0.25) is 0 Å². The van der Waals surface area contributed by atoms with Crippen molar-refractivity contribution in [3.63, 3.8) is 0 Å². The van der Waals surface area contributed by atoms with Gasteiger partial charge in [0.05, 0.1) is 17.3 Å². The minimum Gasteiger partial charge on any atom is -0.366 e. The van der Waals surface area contributed by atoms with Crippen LogP contribution in [0.15, 0.2) is 35.7 Å². The quantitative estimate of drug-likeness (QED) is 0.757. The molecule has 0 N–H and O–H groups in total. The number of anilines is 1. The van der Waals surface area contributed by atoms with Crippen LogP contribution in [0.25, 0.3) is 0 Å². The summed E-state index contributed by atoms with van der Waals surface area (Å²) >= 11 is 5.16. The highest BCUT2D eigenvalue weighted by Crippen LogP contribution is 2.30. The molecule has 2 aromatic rings. The van der Waals surface area contributed by atoms with Crippen LogP contribution in [0.5, 0.6) is 0 Å². The summed E-state index contributed by atoms with van der Waals surface area (Å²) in [6, 6.07) is 12.8. The minimum absolute atomic E-state index is 0.266. The monoisotopic (exact) mass is 334 g/mol. The van der Waals surface area contributed by atoms with Crippen LogP contribution in [0.3, 0.4) is 0 Å². The highest BCUT2D eigenvalue weighted by Gasteiger charge is 2.16. The van der Waals surface area contributed by atoms with Gasteiger partial charge in [-0.05, 0) is 36.1 Å². The summed E-state index contributed by atoms with van der Waals surface area (Å²) in [6.45, 7) is 2.16. The van der Waals surface area contributed by atoms with Crippen LogP contribution < -0.4 is 4.90 Å². The van der Waals surface area contributed by atoms with Gasteiger partial charge in [0.25, 0.3) is 0 Å². The maximum Gasteiger partial charge on any atom is 0.101 e. The summed E-state index contributed by atoms with van der Waals surface area (Å²) in [6.07, 6.45) is 0. The Morgan fingerprint density at radius 3 is 2.79 bits per heavy atom. The molecule has 0 saturated heterocycles. The second kappa shape index (κ2) is 6.23. The molecule has 2 nitrogen and oxygen atoms in total. The molecule has 0 amide bonds. The molecule has 4 heteroatoms. The Hall–Kier alpha value is -1.31. The van der Waals surface area contributed by atoms with Gasteiger partial charge >= 0.3 is 0 Å². The predicted octanol–water partition coefficient (Wildman–Crippen LogP) is 4.71. The van der Waals surface area contributed by atoms with Crippen molar-refractivity contribution in [2.45, 2.75) is 18.3 Å². The Morgan fingerprint density at radius 1 is 1.42 bits per heavy atom. The second-order valence-electron chi connectivity index (χ2n) is 4.40. The highest BCUT2D eigenvalue weighted by molar-refractivity contribution is 9.08. The Balaban J connectivity index is 2.33. The number of halogens is 1. The first-order valence-corrected chi connectivity index (χ1v) is 8.02.